The first-order valence-electron chi connectivity index (χ1n) is 5.82. The number of nitrogens with one attached hydrogen (secondary N) is 1. The van der Waals surface area contributed by atoms with Crippen LogP contribution >= 0.6 is 11.6 Å². The van der Waals surface area contributed by atoms with Crippen molar-refractivity contribution in [3.8, 4) is 0 Å². The molecule has 0 fully saturated rings. The molecule has 21 heavy (non-hydrogen) atoms. The number of aromatic nitrogens is 1. The summed E-state index contributed by atoms with van der Waals surface area (Å²) in [7, 11) is 0. The number of halogens is 1. The Hall–Kier alpha value is -2.51. The first-order valence-corrected chi connectivity index (χ1v) is 6.20. The van der Waals surface area contributed by atoms with E-state index in [1.165, 1.54) is 0 Å². The lowest BCUT2D eigenvalue weighted by Crippen LogP contribution is -2.14. The fourth-order valence-electron chi connectivity index (χ4n) is 1.64. The van der Waals surface area contributed by atoms with Crippen molar-refractivity contribution >= 4 is 28.9 Å². The normalized spacial score (nSPS) is 10.2. The Balaban J connectivity index is 2.27. The van der Waals surface area contributed by atoms with Crippen LogP contribution in [0.5, 0.6) is 0 Å². The van der Waals surface area contributed by atoms with Crippen LogP contribution in [0.15, 0.2) is 36.5 Å². The Morgan fingerprint density at radius 2 is 2.05 bits per heavy atom. The average molecular weight is 308 g/mol. The van der Waals surface area contributed by atoms with Gasteiger partial charge in [0.15, 0.2) is 0 Å². The lowest BCUT2D eigenvalue weighted by molar-refractivity contribution is -0.385. The van der Waals surface area contributed by atoms with E-state index in [9.17, 15) is 14.9 Å². The Morgan fingerprint density at radius 3 is 2.62 bits per heavy atom. The molecule has 0 bridgehead atoms. The molecule has 0 radical (unpaired) electrons. The SMILES string of the molecule is O=C(Nc1ccc(CO)cc1)c1cc(Cl)ncc1[N+](=O)[O-]. The van der Waals surface area contributed by atoms with Crippen molar-refractivity contribution in [2.45, 2.75) is 6.61 Å². The van der Waals surface area contributed by atoms with Gasteiger partial charge in [-0.1, -0.05) is 23.7 Å². The standard InChI is InChI=1S/C13H10ClN3O4/c14-12-5-10(11(6-15-12)17(20)21)13(19)16-9-3-1-8(7-18)2-4-9/h1-6,18H,7H2,(H,16,19). The number of aliphatic hydroxyl groups excluding tert-OH is 1. The first kappa shape index (κ1) is 14.9. The van der Waals surface area contributed by atoms with E-state index in [1.54, 1.807) is 24.3 Å². The van der Waals surface area contributed by atoms with Gasteiger partial charge in [-0.05, 0) is 23.8 Å². The van der Waals surface area contributed by atoms with Crippen molar-refractivity contribution in [1.82, 2.24) is 4.98 Å². The number of benzene rings is 1. The number of carbonyl (C=O) groups excluding carboxylic acids is 1. The second-order valence-electron chi connectivity index (χ2n) is 4.09. The summed E-state index contributed by atoms with van der Waals surface area (Å²) in [4.78, 5) is 25.9. The number of nitro groups is 1. The molecule has 0 spiro atoms. The number of nitrogens with zero attached hydrogens (tertiary/aromatic N) is 2. The summed E-state index contributed by atoms with van der Waals surface area (Å²) >= 11 is 5.67. The number of amides is 1. The highest BCUT2D eigenvalue weighted by atomic mass is 35.5. The minimum atomic E-state index is -0.701. The van der Waals surface area contributed by atoms with Crippen LogP contribution in [-0.2, 0) is 6.61 Å². The number of pyridine rings is 1. The van der Waals surface area contributed by atoms with Gasteiger partial charge in [0, 0.05) is 5.69 Å². The highest BCUT2D eigenvalue weighted by Gasteiger charge is 2.21. The zero-order valence-corrected chi connectivity index (χ0v) is 11.4. The number of hydrogen-bond donors (Lipinski definition) is 2. The molecule has 8 heteroatoms. The van der Waals surface area contributed by atoms with Crippen LogP contribution in [-0.4, -0.2) is 20.9 Å². The number of rotatable bonds is 4. The zero-order valence-electron chi connectivity index (χ0n) is 10.6. The minimum absolute atomic E-state index is 0.0126. The Kier molecular flexibility index (Phi) is 4.46. The lowest BCUT2D eigenvalue weighted by Gasteiger charge is -2.06. The van der Waals surface area contributed by atoms with Crippen molar-refractivity contribution in [3.05, 3.63) is 62.9 Å². The van der Waals surface area contributed by atoms with E-state index in [0.29, 0.717) is 11.3 Å². The largest absolute Gasteiger partial charge is 0.392 e. The number of aliphatic hydroxyl groups is 1. The molecule has 1 aromatic carbocycles. The molecule has 0 saturated heterocycles. The van der Waals surface area contributed by atoms with E-state index in [0.717, 1.165) is 12.3 Å². The molecule has 108 valence electrons. The van der Waals surface area contributed by atoms with Gasteiger partial charge in [0.2, 0.25) is 0 Å². The predicted octanol–water partition coefficient (Wildman–Crippen LogP) is 2.39. The van der Waals surface area contributed by atoms with E-state index in [4.69, 9.17) is 16.7 Å². The van der Waals surface area contributed by atoms with Crippen molar-refractivity contribution in [1.29, 1.82) is 0 Å². The molecular formula is C13H10ClN3O4. The van der Waals surface area contributed by atoms with E-state index in [2.05, 4.69) is 10.3 Å². The second-order valence-corrected chi connectivity index (χ2v) is 4.48. The fraction of sp³-hybridized carbons (Fsp3) is 0.0769. The van der Waals surface area contributed by atoms with Gasteiger partial charge >= 0.3 is 0 Å². The highest BCUT2D eigenvalue weighted by Crippen LogP contribution is 2.21. The molecule has 0 aliphatic carbocycles. The van der Waals surface area contributed by atoms with Gasteiger partial charge in [-0.15, -0.1) is 0 Å². The van der Waals surface area contributed by atoms with E-state index < -0.39 is 16.5 Å². The molecule has 0 saturated carbocycles. The molecular weight excluding hydrogens is 298 g/mol. The van der Waals surface area contributed by atoms with Gasteiger partial charge in [-0.2, -0.15) is 0 Å². The molecule has 0 unspecified atom stereocenters. The molecule has 7 nitrogen and oxygen atoms in total. The second kappa shape index (κ2) is 6.29. The summed E-state index contributed by atoms with van der Waals surface area (Å²) < 4.78 is 0. The highest BCUT2D eigenvalue weighted by molar-refractivity contribution is 6.30. The van der Waals surface area contributed by atoms with Crippen LogP contribution in [0.2, 0.25) is 5.15 Å². The molecule has 1 amide bonds. The molecule has 1 heterocycles. The van der Waals surface area contributed by atoms with Gasteiger partial charge in [0.1, 0.15) is 16.9 Å². The molecule has 2 rings (SSSR count). The number of anilines is 1. The third-order valence-electron chi connectivity index (χ3n) is 2.69. The minimum Gasteiger partial charge on any atom is -0.392 e. The van der Waals surface area contributed by atoms with E-state index in [1.807, 2.05) is 0 Å². The van der Waals surface area contributed by atoms with Gasteiger partial charge in [-0.3, -0.25) is 14.9 Å². The summed E-state index contributed by atoms with van der Waals surface area (Å²) in [6.45, 7) is -0.111. The van der Waals surface area contributed by atoms with Crippen LogP contribution in [0.1, 0.15) is 15.9 Å². The maximum Gasteiger partial charge on any atom is 0.300 e. The summed E-state index contributed by atoms with van der Waals surface area (Å²) in [6.07, 6.45) is 0.937. The van der Waals surface area contributed by atoms with E-state index in [-0.39, 0.29) is 17.3 Å². The first-order chi connectivity index (χ1) is 10.0. The quantitative estimate of drug-likeness (QED) is 0.512. The average Bonchev–Trinajstić information content (AvgIpc) is 2.47. The topological polar surface area (TPSA) is 105 Å². The molecule has 2 N–H and O–H groups in total. The summed E-state index contributed by atoms with van der Waals surface area (Å²) in [5, 5.41) is 22.3. The number of carbonyl (C=O) groups is 1. The summed E-state index contributed by atoms with van der Waals surface area (Å²) in [5.74, 6) is -0.664. The maximum atomic E-state index is 12.1. The van der Waals surface area contributed by atoms with Crippen LogP contribution in [0.4, 0.5) is 11.4 Å². The van der Waals surface area contributed by atoms with Crippen LogP contribution < -0.4 is 5.32 Å². The third-order valence-corrected chi connectivity index (χ3v) is 2.89. The van der Waals surface area contributed by atoms with Gasteiger partial charge in [0.25, 0.3) is 11.6 Å². The lowest BCUT2D eigenvalue weighted by atomic mass is 10.2. The summed E-state index contributed by atoms with van der Waals surface area (Å²) in [5.41, 5.74) is 0.528. The molecule has 0 aliphatic heterocycles. The Bertz CT molecular complexity index is 688. The van der Waals surface area contributed by atoms with Crippen molar-refractivity contribution < 1.29 is 14.8 Å². The molecule has 1 aromatic heterocycles. The Morgan fingerprint density at radius 1 is 1.38 bits per heavy atom. The zero-order chi connectivity index (χ0) is 15.4. The molecule has 0 atom stereocenters. The third kappa shape index (κ3) is 3.53. The summed E-state index contributed by atoms with van der Waals surface area (Å²) in [6, 6.07) is 7.56. The van der Waals surface area contributed by atoms with Crippen LogP contribution in [0.25, 0.3) is 0 Å². The van der Waals surface area contributed by atoms with Crippen molar-refractivity contribution in [2.75, 3.05) is 5.32 Å². The monoisotopic (exact) mass is 307 g/mol. The number of hydrogen-bond acceptors (Lipinski definition) is 5. The predicted molar refractivity (Wildman–Crippen MR) is 76.2 cm³/mol. The fourth-order valence-corrected chi connectivity index (χ4v) is 1.80. The van der Waals surface area contributed by atoms with Gasteiger partial charge in [-0.25, -0.2) is 4.98 Å². The van der Waals surface area contributed by atoms with E-state index >= 15 is 0 Å². The van der Waals surface area contributed by atoms with Crippen LogP contribution in [0, 0.1) is 10.1 Å². The molecule has 2 aromatic rings. The van der Waals surface area contributed by atoms with Gasteiger partial charge < -0.3 is 10.4 Å². The van der Waals surface area contributed by atoms with Crippen molar-refractivity contribution in [3.63, 3.8) is 0 Å². The Labute approximate surface area is 124 Å². The smallest absolute Gasteiger partial charge is 0.300 e. The van der Waals surface area contributed by atoms with Gasteiger partial charge in [0.05, 0.1) is 11.5 Å². The van der Waals surface area contributed by atoms with Crippen LogP contribution in [0.3, 0.4) is 0 Å². The maximum absolute atomic E-state index is 12.1. The molecule has 0 aliphatic rings. The van der Waals surface area contributed by atoms with Crippen molar-refractivity contribution in [2.24, 2.45) is 0 Å².